The van der Waals surface area contributed by atoms with Crippen LogP contribution in [0.1, 0.15) is 28.3 Å². The second kappa shape index (κ2) is 6.31. The van der Waals surface area contributed by atoms with Crippen LogP contribution >= 0.6 is 11.3 Å². The molecule has 2 N–H and O–H groups in total. The number of carbonyl (C=O) groups is 1. The lowest BCUT2D eigenvalue weighted by molar-refractivity contribution is -0.385. The number of thiazole rings is 1. The first kappa shape index (κ1) is 14.9. The van der Waals surface area contributed by atoms with E-state index >= 15 is 0 Å². The van der Waals surface area contributed by atoms with Gasteiger partial charge < -0.3 is 10.6 Å². The van der Waals surface area contributed by atoms with E-state index in [1.54, 1.807) is 26.2 Å². The molecule has 1 aromatic carbocycles. The standard InChI is InChI=1S/C13H14N4O3S/c1-8(13-15-5-6-21-13)16-12(18)10-7-9(14-2)3-4-11(10)17(19)20/h3-8,14H,1-2H3,(H,16,18). The van der Waals surface area contributed by atoms with Crippen LogP contribution in [0.3, 0.4) is 0 Å². The molecule has 0 spiro atoms. The van der Waals surface area contributed by atoms with E-state index in [0.717, 1.165) is 5.01 Å². The summed E-state index contributed by atoms with van der Waals surface area (Å²) in [6, 6.07) is 4.02. The van der Waals surface area contributed by atoms with Crippen molar-refractivity contribution < 1.29 is 9.72 Å². The van der Waals surface area contributed by atoms with Crippen LogP contribution in [0.15, 0.2) is 29.8 Å². The third kappa shape index (κ3) is 3.34. The van der Waals surface area contributed by atoms with Crippen molar-refractivity contribution in [1.29, 1.82) is 0 Å². The molecule has 1 atom stereocenters. The zero-order valence-electron chi connectivity index (χ0n) is 11.5. The van der Waals surface area contributed by atoms with Crippen molar-refractivity contribution in [2.75, 3.05) is 12.4 Å². The van der Waals surface area contributed by atoms with E-state index < -0.39 is 10.8 Å². The molecule has 1 heterocycles. The normalized spacial score (nSPS) is 11.7. The van der Waals surface area contributed by atoms with Gasteiger partial charge in [0, 0.05) is 30.4 Å². The zero-order valence-corrected chi connectivity index (χ0v) is 12.3. The number of benzene rings is 1. The minimum atomic E-state index is -0.567. The SMILES string of the molecule is CNc1ccc([N+](=O)[O-])c(C(=O)NC(C)c2nccs2)c1. The van der Waals surface area contributed by atoms with Gasteiger partial charge in [-0.1, -0.05) is 0 Å². The second-order valence-corrected chi connectivity index (χ2v) is 5.23. The number of nitrogens with zero attached hydrogens (tertiary/aromatic N) is 2. The number of aromatic nitrogens is 1. The highest BCUT2D eigenvalue weighted by Gasteiger charge is 2.22. The fourth-order valence-corrected chi connectivity index (χ4v) is 2.46. The molecule has 0 saturated heterocycles. The third-order valence-corrected chi connectivity index (χ3v) is 3.85. The first-order valence-corrected chi connectivity index (χ1v) is 7.07. The van der Waals surface area contributed by atoms with Gasteiger partial charge in [-0.05, 0) is 19.1 Å². The summed E-state index contributed by atoms with van der Waals surface area (Å²) in [4.78, 5) is 26.9. The van der Waals surface area contributed by atoms with Gasteiger partial charge in [-0.25, -0.2) is 4.98 Å². The molecule has 110 valence electrons. The number of anilines is 1. The monoisotopic (exact) mass is 306 g/mol. The molecule has 1 unspecified atom stereocenters. The maximum Gasteiger partial charge on any atom is 0.282 e. The lowest BCUT2D eigenvalue weighted by Gasteiger charge is -2.12. The predicted octanol–water partition coefficient (Wildman–Crippen LogP) is 2.58. The van der Waals surface area contributed by atoms with Gasteiger partial charge in [-0.2, -0.15) is 0 Å². The van der Waals surface area contributed by atoms with Crippen LogP contribution in [0.5, 0.6) is 0 Å². The Morgan fingerprint density at radius 1 is 1.48 bits per heavy atom. The average Bonchev–Trinajstić information content (AvgIpc) is 3.00. The van der Waals surface area contributed by atoms with Crippen molar-refractivity contribution in [3.63, 3.8) is 0 Å². The molecule has 0 aliphatic rings. The Morgan fingerprint density at radius 2 is 2.24 bits per heavy atom. The molecule has 1 aromatic heterocycles. The van der Waals surface area contributed by atoms with Gasteiger partial charge in [0.15, 0.2) is 0 Å². The van der Waals surface area contributed by atoms with E-state index in [0.29, 0.717) is 5.69 Å². The smallest absolute Gasteiger partial charge is 0.282 e. The molecule has 0 aliphatic heterocycles. The van der Waals surface area contributed by atoms with E-state index in [1.807, 2.05) is 5.38 Å². The Labute approximate surface area is 125 Å². The van der Waals surface area contributed by atoms with Crippen LogP contribution in [0.4, 0.5) is 11.4 Å². The van der Waals surface area contributed by atoms with Gasteiger partial charge in [-0.3, -0.25) is 14.9 Å². The molecule has 21 heavy (non-hydrogen) atoms. The van der Waals surface area contributed by atoms with E-state index in [9.17, 15) is 14.9 Å². The van der Waals surface area contributed by atoms with Gasteiger partial charge in [0.2, 0.25) is 0 Å². The van der Waals surface area contributed by atoms with Gasteiger partial charge in [0.05, 0.1) is 11.0 Å². The van der Waals surface area contributed by atoms with Gasteiger partial charge in [0.25, 0.3) is 11.6 Å². The second-order valence-electron chi connectivity index (χ2n) is 4.30. The fraction of sp³-hybridized carbons (Fsp3) is 0.231. The molecule has 0 aliphatic carbocycles. The Morgan fingerprint density at radius 3 is 2.81 bits per heavy atom. The fourth-order valence-electron chi connectivity index (χ4n) is 1.82. The zero-order chi connectivity index (χ0) is 15.4. The van der Waals surface area contributed by atoms with Crippen molar-refractivity contribution in [3.8, 4) is 0 Å². The highest BCUT2D eigenvalue weighted by Crippen LogP contribution is 2.24. The van der Waals surface area contributed by atoms with Crippen molar-refractivity contribution in [2.45, 2.75) is 13.0 Å². The van der Waals surface area contributed by atoms with Gasteiger partial charge in [-0.15, -0.1) is 11.3 Å². The molecule has 0 fully saturated rings. The number of rotatable bonds is 5. The summed E-state index contributed by atoms with van der Waals surface area (Å²) in [5.74, 6) is -0.499. The van der Waals surface area contributed by atoms with Crippen LogP contribution in [0, 0.1) is 10.1 Å². The molecular weight excluding hydrogens is 292 g/mol. The van der Waals surface area contributed by atoms with Gasteiger partial charge >= 0.3 is 0 Å². The maximum absolute atomic E-state index is 12.3. The number of hydrogen-bond acceptors (Lipinski definition) is 6. The van der Waals surface area contributed by atoms with Crippen LogP contribution in [0.2, 0.25) is 0 Å². The Bertz CT molecular complexity index is 657. The predicted molar refractivity (Wildman–Crippen MR) is 80.6 cm³/mol. The first-order chi connectivity index (χ1) is 10.0. The minimum Gasteiger partial charge on any atom is -0.388 e. The highest BCUT2D eigenvalue weighted by molar-refractivity contribution is 7.09. The summed E-state index contributed by atoms with van der Waals surface area (Å²) in [7, 11) is 1.68. The lowest BCUT2D eigenvalue weighted by Crippen LogP contribution is -2.27. The molecule has 2 aromatic rings. The molecule has 1 amide bonds. The van der Waals surface area contributed by atoms with Crippen molar-refractivity contribution >= 4 is 28.6 Å². The number of hydrogen-bond donors (Lipinski definition) is 2. The quantitative estimate of drug-likeness (QED) is 0.653. The van der Waals surface area contributed by atoms with E-state index in [1.165, 1.54) is 23.5 Å². The number of nitrogens with one attached hydrogen (secondary N) is 2. The van der Waals surface area contributed by atoms with Crippen LogP contribution in [-0.2, 0) is 0 Å². The van der Waals surface area contributed by atoms with Crippen LogP contribution < -0.4 is 10.6 Å². The summed E-state index contributed by atoms with van der Waals surface area (Å²) in [6.45, 7) is 1.78. The minimum absolute atomic E-state index is 0.0234. The summed E-state index contributed by atoms with van der Waals surface area (Å²) in [5, 5.41) is 19.2. The van der Waals surface area contributed by atoms with Crippen LogP contribution in [-0.4, -0.2) is 22.9 Å². The molecule has 7 nitrogen and oxygen atoms in total. The topological polar surface area (TPSA) is 97.2 Å². The number of amides is 1. The Balaban J connectivity index is 2.27. The summed E-state index contributed by atoms with van der Waals surface area (Å²) < 4.78 is 0. The molecule has 0 saturated carbocycles. The number of carbonyl (C=O) groups excluding carboxylic acids is 1. The molecule has 8 heteroatoms. The Kier molecular flexibility index (Phi) is 4.49. The van der Waals surface area contributed by atoms with Crippen molar-refractivity contribution in [1.82, 2.24) is 10.3 Å². The highest BCUT2D eigenvalue weighted by atomic mass is 32.1. The molecular formula is C13H14N4O3S. The van der Waals surface area contributed by atoms with Crippen LogP contribution in [0.25, 0.3) is 0 Å². The first-order valence-electron chi connectivity index (χ1n) is 6.19. The lowest BCUT2D eigenvalue weighted by atomic mass is 10.1. The summed E-state index contributed by atoms with van der Waals surface area (Å²) in [6.07, 6.45) is 1.65. The van der Waals surface area contributed by atoms with E-state index in [2.05, 4.69) is 15.6 Å². The Hall–Kier alpha value is -2.48. The number of nitro groups is 1. The summed E-state index contributed by atoms with van der Waals surface area (Å²) >= 11 is 1.41. The largest absolute Gasteiger partial charge is 0.388 e. The molecule has 2 rings (SSSR count). The molecule has 0 bridgehead atoms. The van der Waals surface area contributed by atoms with E-state index in [4.69, 9.17) is 0 Å². The van der Waals surface area contributed by atoms with Gasteiger partial charge in [0.1, 0.15) is 10.6 Å². The third-order valence-electron chi connectivity index (χ3n) is 2.90. The van der Waals surface area contributed by atoms with Crippen molar-refractivity contribution in [3.05, 3.63) is 50.5 Å². The number of nitro benzene ring substituents is 1. The maximum atomic E-state index is 12.3. The van der Waals surface area contributed by atoms with E-state index in [-0.39, 0.29) is 17.3 Å². The molecule has 0 radical (unpaired) electrons. The van der Waals surface area contributed by atoms with Crippen molar-refractivity contribution in [2.24, 2.45) is 0 Å². The average molecular weight is 306 g/mol. The summed E-state index contributed by atoms with van der Waals surface area (Å²) in [5.41, 5.74) is 0.431.